The molecule has 0 heterocycles. The van der Waals surface area contributed by atoms with Gasteiger partial charge in [-0.15, -0.1) is 0 Å². The second kappa shape index (κ2) is 7.81. The first-order valence-corrected chi connectivity index (χ1v) is 12.6. The number of carbonyl (C=O) groups excluding carboxylic acids is 1. The molecule has 2 heteroatoms. The molecule has 0 bridgehead atoms. The first kappa shape index (κ1) is 21.6. The zero-order valence-corrected chi connectivity index (χ0v) is 19.5. The summed E-state index contributed by atoms with van der Waals surface area (Å²) in [5, 5.41) is 10.2. The number of ketones is 1. The van der Waals surface area contributed by atoms with Gasteiger partial charge >= 0.3 is 0 Å². The highest BCUT2D eigenvalue weighted by Gasteiger charge is 2.61. The SMILES string of the molecule is CC(C)CCC[C@H](C)C1CCC2C3C(=O)C=C4C[C@@H](O)CC[C@]4(C)C3CC[C@@]21C. The van der Waals surface area contributed by atoms with E-state index >= 15 is 0 Å². The van der Waals surface area contributed by atoms with Crippen molar-refractivity contribution in [3.8, 4) is 0 Å². The zero-order valence-electron chi connectivity index (χ0n) is 19.5. The van der Waals surface area contributed by atoms with E-state index in [0.29, 0.717) is 23.0 Å². The van der Waals surface area contributed by atoms with E-state index in [1.807, 2.05) is 6.08 Å². The van der Waals surface area contributed by atoms with Crippen LogP contribution in [0, 0.1) is 46.3 Å². The van der Waals surface area contributed by atoms with E-state index in [1.165, 1.54) is 50.5 Å². The predicted octanol–water partition coefficient (Wildman–Crippen LogP) is 6.57. The minimum Gasteiger partial charge on any atom is -0.393 e. The van der Waals surface area contributed by atoms with Crippen LogP contribution >= 0.6 is 0 Å². The highest BCUT2D eigenvalue weighted by molar-refractivity contribution is 5.94. The molecule has 164 valence electrons. The van der Waals surface area contributed by atoms with Crippen LogP contribution in [0.15, 0.2) is 11.6 Å². The number of carbonyl (C=O) groups is 1. The maximum absolute atomic E-state index is 13.4. The van der Waals surface area contributed by atoms with Gasteiger partial charge in [0, 0.05) is 5.92 Å². The minimum absolute atomic E-state index is 0.153. The van der Waals surface area contributed by atoms with Gasteiger partial charge in [0.1, 0.15) is 0 Å². The summed E-state index contributed by atoms with van der Waals surface area (Å²) in [6.45, 7) is 12.1. The van der Waals surface area contributed by atoms with E-state index in [0.717, 1.165) is 37.0 Å². The minimum atomic E-state index is -0.241. The number of aliphatic hydroxyl groups excluding tert-OH is 1. The molecule has 3 fully saturated rings. The zero-order chi connectivity index (χ0) is 21.0. The van der Waals surface area contributed by atoms with Crippen LogP contribution in [-0.4, -0.2) is 17.0 Å². The van der Waals surface area contributed by atoms with Gasteiger partial charge < -0.3 is 5.11 Å². The van der Waals surface area contributed by atoms with Gasteiger partial charge in [-0.2, -0.15) is 0 Å². The maximum atomic E-state index is 13.4. The van der Waals surface area contributed by atoms with Crippen LogP contribution in [0.5, 0.6) is 0 Å². The number of hydrogen-bond acceptors (Lipinski definition) is 2. The van der Waals surface area contributed by atoms with E-state index < -0.39 is 0 Å². The summed E-state index contributed by atoms with van der Waals surface area (Å²) < 4.78 is 0. The largest absolute Gasteiger partial charge is 0.393 e. The second-order valence-electron chi connectivity index (χ2n) is 12.2. The quantitative estimate of drug-likeness (QED) is 0.567. The first-order valence-electron chi connectivity index (χ1n) is 12.6. The van der Waals surface area contributed by atoms with E-state index in [-0.39, 0.29) is 17.4 Å². The molecular formula is C27H44O2. The summed E-state index contributed by atoms with van der Waals surface area (Å²) in [5.74, 6) is 4.11. The predicted molar refractivity (Wildman–Crippen MR) is 119 cm³/mol. The van der Waals surface area contributed by atoms with Crippen molar-refractivity contribution in [3.05, 3.63) is 11.6 Å². The molecule has 3 saturated carbocycles. The molecule has 4 aliphatic rings. The molecule has 4 rings (SSSR count). The Labute approximate surface area is 178 Å². The Morgan fingerprint density at radius 2 is 1.79 bits per heavy atom. The molecule has 29 heavy (non-hydrogen) atoms. The van der Waals surface area contributed by atoms with Crippen molar-refractivity contribution in [2.45, 2.75) is 105 Å². The van der Waals surface area contributed by atoms with Gasteiger partial charge in [-0.05, 0) is 91.4 Å². The average Bonchev–Trinajstić information content (AvgIpc) is 3.00. The monoisotopic (exact) mass is 400 g/mol. The normalized spacial score (nSPS) is 45.4. The van der Waals surface area contributed by atoms with Crippen molar-refractivity contribution in [2.24, 2.45) is 46.3 Å². The summed E-state index contributed by atoms with van der Waals surface area (Å²) in [6.07, 6.45) is 13.6. The number of rotatable bonds is 5. The van der Waals surface area contributed by atoms with Crippen molar-refractivity contribution in [3.63, 3.8) is 0 Å². The van der Waals surface area contributed by atoms with E-state index in [2.05, 4.69) is 34.6 Å². The van der Waals surface area contributed by atoms with Crippen molar-refractivity contribution in [1.29, 1.82) is 0 Å². The van der Waals surface area contributed by atoms with E-state index in [1.54, 1.807) is 0 Å². The van der Waals surface area contributed by atoms with Crippen molar-refractivity contribution in [2.75, 3.05) is 0 Å². The molecular weight excluding hydrogens is 356 g/mol. The number of hydrogen-bond donors (Lipinski definition) is 1. The van der Waals surface area contributed by atoms with Gasteiger partial charge in [0.05, 0.1) is 6.10 Å². The third kappa shape index (κ3) is 3.56. The Hall–Kier alpha value is -0.630. The maximum Gasteiger partial charge on any atom is 0.159 e. The van der Waals surface area contributed by atoms with Crippen LogP contribution in [0.1, 0.15) is 98.8 Å². The Morgan fingerprint density at radius 3 is 2.52 bits per heavy atom. The van der Waals surface area contributed by atoms with Crippen LogP contribution in [0.2, 0.25) is 0 Å². The van der Waals surface area contributed by atoms with Crippen molar-refractivity contribution >= 4 is 5.78 Å². The van der Waals surface area contributed by atoms with Crippen molar-refractivity contribution < 1.29 is 9.90 Å². The molecule has 0 saturated heterocycles. The van der Waals surface area contributed by atoms with Gasteiger partial charge in [-0.25, -0.2) is 0 Å². The third-order valence-electron chi connectivity index (χ3n) is 10.1. The lowest BCUT2D eigenvalue weighted by molar-refractivity contribution is -0.135. The molecule has 4 unspecified atom stereocenters. The summed E-state index contributed by atoms with van der Waals surface area (Å²) in [6, 6.07) is 0. The second-order valence-corrected chi connectivity index (χ2v) is 12.2. The Balaban J connectivity index is 1.54. The lowest BCUT2D eigenvalue weighted by Gasteiger charge is -2.57. The molecule has 0 amide bonds. The van der Waals surface area contributed by atoms with Crippen LogP contribution in [0.4, 0.5) is 0 Å². The molecule has 0 radical (unpaired) electrons. The van der Waals surface area contributed by atoms with Crippen LogP contribution in [-0.2, 0) is 4.79 Å². The summed E-state index contributed by atoms with van der Waals surface area (Å²) >= 11 is 0. The van der Waals surface area contributed by atoms with E-state index in [4.69, 9.17) is 0 Å². The number of aliphatic hydroxyl groups is 1. The molecule has 0 spiro atoms. The van der Waals surface area contributed by atoms with Gasteiger partial charge in [-0.1, -0.05) is 59.5 Å². The van der Waals surface area contributed by atoms with Gasteiger partial charge in [0.2, 0.25) is 0 Å². The Bertz CT molecular complexity index is 663. The first-order chi connectivity index (χ1) is 13.7. The molecule has 8 atom stereocenters. The fourth-order valence-electron chi connectivity index (χ4n) is 8.41. The average molecular weight is 401 g/mol. The molecule has 0 aromatic rings. The Kier molecular flexibility index (Phi) is 5.82. The third-order valence-corrected chi connectivity index (χ3v) is 10.1. The summed E-state index contributed by atoms with van der Waals surface area (Å²) in [4.78, 5) is 13.4. The number of allylic oxidation sites excluding steroid dienone is 1. The standard InChI is InChI=1S/C27H44O2/c1-17(2)7-6-8-18(3)21-9-10-22-25-23(12-14-27(21,22)5)26(4)13-11-20(28)15-19(26)16-24(25)29/h16-18,20-23,25,28H,6-15H2,1-5H3/t18-,20-,21?,22?,23?,25?,26-,27+/m0/s1. The molecule has 4 aliphatic carbocycles. The van der Waals surface area contributed by atoms with Gasteiger partial charge in [-0.3, -0.25) is 4.79 Å². The highest BCUT2D eigenvalue weighted by Crippen LogP contribution is 2.66. The lowest BCUT2D eigenvalue weighted by Crippen LogP contribution is -2.53. The molecule has 0 aliphatic heterocycles. The Morgan fingerprint density at radius 1 is 1.03 bits per heavy atom. The topological polar surface area (TPSA) is 37.3 Å². The van der Waals surface area contributed by atoms with Gasteiger partial charge in [0.15, 0.2) is 5.78 Å². The summed E-state index contributed by atoms with van der Waals surface area (Å²) in [5.41, 5.74) is 1.77. The van der Waals surface area contributed by atoms with Crippen LogP contribution < -0.4 is 0 Å². The highest BCUT2D eigenvalue weighted by atomic mass is 16.3. The lowest BCUT2D eigenvalue weighted by atomic mass is 9.46. The molecule has 2 nitrogen and oxygen atoms in total. The summed E-state index contributed by atoms with van der Waals surface area (Å²) in [7, 11) is 0. The fourth-order valence-corrected chi connectivity index (χ4v) is 8.41. The smallest absolute Gasteiger partial charge is 0.159 e. The van der Waals surface area contributed by atoms with Crippen LogP contribution in [0.3, 0.4) is 0 Å². The van der Waals surface area contributed by atoms with E-state index in [9.17, 15) is 9.90 Å². The molecule has 0 aromatic carbocycles. The number of fused-ring (bicyclic) bond motifs is 5. The van der Waals surface area contributed by atoms with Crippen LogP contribution in [0.25, 0.3) is 0 Å². The molecule has 1 N–H and O–H groups in total. The van der Waals surface area contributed by atoms with Gasteiger partial charge in [0.25, 0.3) is 0 Å². The molecule has 0 aromatic heterocycles. The fraction of sp³-hybridized carbons (Fsp3) is 0.889. The van der Waals surface area contributed by atoms with Crippen molar-refractivity contribution in [1.82, 2.24) is 0 Å².